The molecule has 4 heteroatoms. The number of imidazole rings is 1. The fraction of sp³-hybridized carbons (Fsp3) is 0.462. The van der Waals surface area contributed by atoms with Gasteiger partial charge in [0.15, 0.2) is 4.77 Å². The molecule has 0 spiro atoms. The molecule has 0 amide bonds. The van der Waals surface area contributed by atoms with Crippen molar-refractivity contribution in [2.45, 2.75) is 25.8 Å². The van der Waals surface area contributed by atoms with Crippen LogP contribution >= 0.6 is 12.2 Å². The van der Waals surface area contributed by atoms with E-state index < -0.39 is 0 Å². The van der Waals surface area contributed by atoms with Gasteiger partial charge in [0.1, 0.15) is 5.75 Å². The Morgan fingerprint density at radius 2 is 2.29 bits per heavy atom. The maximum Gasteiger partial charge on any atom is 0.178 e. The van der Waals surface area contributed by atoms with Crippen molar-refractivity contribution in [3.63, 3.8) is 0 Å². The zero-order valence-electron chi connectivity index (χ0n) is 9.90. The van der Waals surface area contributed by atoms with E-state index in [0.717, 1.165) is 28.5 Å². The van der Waals surface area contributed by atoms with E-state index in [4.69, 9.17) is 17.0 Å². The molecular formula is C13H16N2OS. The smallest absolute Gasteiger partial charge is 0.178 e. The highest BCUT2D eigenvalue weighted by Gasteiger charge is 2.19. The molecule has 3 nitrogen and oxygen atoms in total. The zero-order valence-corrected chi connectivity index (χ0v) is 10.7. The Hall–Kier alpha value is -1.29. The summed E-state index contributed by atoms with van der Waals surface area (Å²) in [5, 5.41) is 0. The first-order chi connectivity index (χ1) is 8.28. The molecule has 0 bridgehead atoms. The highest BCUT2D eigenvalue weighted by atomic mass is 32.1. The van der Waals surface area contributed by atoms with Crippen LogP contribution in [0, 0.1) is 10.7 Å². The lowest BCUT2D eigenvalue weighted by molar-refractivity contribution is 0.278. The Balaban J connectivity index is 2.04. The van der Waals surface area contributed by atoms with Gasteiger partial charge in [0, 0.05) is 12.6 Å². The molecule has 1 saturated carbocycles. The molecule has 1 aliphatic carbocycles. The van der Waals surface area contributed by atoms with Crippen LogP contribution in [-0.4, -0.2) is 16.7 Å². The number of fused-ring (bicyclic) bond motifs is 1. The Kier molecular flexibility index (Phi) is 2.67. The molecule has 1 fully saturated rings. The molecule has 0 unspecified atom stereocenters. The van der Waals surface area contributed by atoms with E-state index in [2.05, 4.69) is 15.6 Å². The maximum absolute atomic E-state index is 5.39. The van der Waals surface area contributed by atoms with Crippen LogP contribution in [0.3, 0.4) is 0 Å². The Bertz CT molecular complexity index is 595. The van der Waals surface area contributed by atoms with Crippen molar-refractivity contribution < 1.29 is 4.74 Å². The second-order valence-electron chi connectivity index (χ2n) is 4.72. The lowest BCUT2D eigenvalue weighted by Gasteiger charge is -2.25. The summed E-state index contributed by atoms with van der Waals surface area (Å²) in [5.74, 6) is 1.67. The van der Waals surface area contributed by atoms with Gasteiger partial charge in [-0.05, 0) is 43.1 Å². The number of nitrogens with zero attached hydrogens (tertiary/aromatic N) is 1. The summed E-state index contributed by atoms with van der Waals surface area (Å²) < 4.78 is 8.26. The number of methoxy groups -OCH3 is 1. The third-order valence-electron chi connectivity index (χ3n) is 3.65. The van der Waals surface area contributed by atoms with E-state index in [9.17, 15) is 0 Å². The minimum atomic E-state index is 0.808. The lowest BCUT2D eigenvalue weighted by atomic mass is 9.85. The van der Waals surface area contributed by atoms with Crippen molar-refractivity contribution in [3.8, 4) is 5.75 Å². The van der Waals surface area contributed by atoms with Crippen LogP contribution in [-0.2, 0) is 6.54 Å². The van der Waals surface area contributed by atoms with Crippen molar-refractivity contribution in [2.75, 3.05) is 7.11 Å². The van der Waals surface area contributed by atoms with Crippen molar-refractivity contribution in [3.05, 3.63) is 23.0 Å². The first-order valence-electron chi connectivity index (χ1n) is 6.04. The first kappa shape index (κ1) is 10.8. The zero-order chi connectivity index (χ0) is 11.8. The SMILES string of the molecule is COc1ccc2c(c1)[nH]c(=S)n2CC1CCC1. The first-order valence-corrected chi connectivity index (χ1v) is 6.45. The third kappa shape index (κ3) is 1.86. The van der Waals surface area contributed by atoms with Crippen LogP contribution < -0.4 is 4.74 Å². The summed E-state index contributed by atoms with van der Waals surface area (Å²) in [4.78, 5) is 3.25. The summed E-state index contributed by atoms with van der Waals surface area (Å²) in [7, 11) is 1.68. The highest BCUT2D eigenvalue weighted by Crippen LogP contribution is 2.30. The number of ether oxygens (including phenoxy) is 1. The van der Waals surface area contributed by atoms with E-state index >= 15 is 0 Å². The van der Waals surface area contributed by atoms with Gasteiger partial charge in [-0.3, -0.25) is 0 Å². The van der Waals surface area contributed by atoms with Crippen molar-refractivity contribution in [2.24, 2.45) is 5.92 Å². The number of aromatic amines is 1. The van der Waals surface area contributed by atoms with Crippen LogP contribution in [0.15, 0.2) is 18.2 Å². The molecule has 17 heavy (non-hydrogen) atoms. The minimum absolute atomic E-state index is 0.808. The van der Waals surface area contributed by atoms with Gasteiger partial charge >= 0.3 is 0 Å². The number of aromatic nitrogens is 2. The van der Waals surface area contributed by atoms with E-state index in [0.29, 0.717) is 0 Å². The van der Waals surface area contributed by atoms with Crippen LogP contribution in [0.2, 0.25) is 0 Å². The molecule has 1 aromatic heterocycles. The summed E-state index contributed by atoms with van der Waals surface area (Å²) >= 11 is 5.39. The molecular weight excluding hydrogens is 232 g/mol. The van der Waals surface area contributed by atoms with E-state index in [1.54, 1.807) is 7.11 Å². The van der Waals surface area contributed by atoms with E-state index in [1.165, 1.54) is 24.8 Å². The molecule has 1 heterocycles. The summed E-state index contributed by atoms with van der Waals surface area (Å²) in [5.41, 5.74) is 2.25. The van der Waals surface area contributed by atoms with Gasteiger partial charge in [0.2, 0.25) is 0 Å². The largest absolute Gasteiger partial charge is 0.497 e. The predicted molar refractivity (Wildman–Crippen MR) is 71.0 cm³/mol. The number of benzene rings is 1. The van der Waals surface area contributed by atoms with Crippen LogP contribution in [0.5, 0.6) is 5.75 Å². The van der Waals surface area contributed by atoms with Gasteiger partial charge in [0.05, 0.1) is 18.1 Å². The average Bonchev–Trinajstić information content (AvgIpc) is 2.58. The fourth-order valence-electron chi connectivity index (χ4n) is 2.38. The number of rotatable bonds is 3. The number of hydrogen-bond acceptors (Lipinski definition) is 2. The second-order valence-corrected chi connectivity index (χ2v) is 5.11. The van der Waals surface area contributed by atoms with Gasteiger partial charge in [-0.1, -0.05) is 6.42 Å². The molecule has 3 rings (SSSR count). The monoisotopic (exact) mass is 248 g/mol. The molecule has 90 valence electrons. The van der Waals surface area contributed by atoms with Crippen LogP contribution in [0.1, 0.15) is 19.3 Å². The van der Waals surface area contributed by atoms with Gasteiger partial charge < -0.3 is 14.3 Å². The van der Waals surface area contributed by atoms with E-state index in [-0.39, 0.29) is 0 Å². The summed E-state index contributed by atoms with van der Waals surface area (Å²) in [6, 6.07) is 6.07. The Morgan fingerprint density at radius 3 is 2.94 bits per heavy atom. The van der Waals surface area contributed by atoms with Crippen LogP contribution in [0.25, 0.3) is 11.0 Å². The second kappa shape index (κ2) is 4.18. The average molecular weight is 248 g/mol. The van der Waals surface area contributed by atoms with Crippen molar-refractivity contribution >= 4 is 23.3 Å². The van der Waals surface area contributed by atoms with E-state index in [1.807, 2.05) is 12.1 Å². The number of H-pyrrole nitrogens is 1. The predicted octanol–water partition coefficient (Wildman–Crippen LogP) is 3.51. The molecule has 2 aromatic rings. The van der Waals surface area contributed by atoms with Crippen molar-refractivity contribution in [1.82, 2.24) is 9.55 Å². The van der Waals surface area contributed by atoms with Crippen molar-refractivity contribution in [1.29, 1.82) is 0 Å². The van der Waals surface area contributed by atoms with Gasteiger partial charge in [-0.2, -0.15) is 0 Å². The number of hydrogen-bond donors (Lipinski definition) is 1. The maximum atomic E-state index is 5.39. The molecule has 0 saturated heterocycles. The lowest BCUT2D eigenvalue weighted by Crippen LogP contribution is -2.17. The molecule has 0 atom stereocenters. The normalized spacial score (nSPS) is 16.1. The Labute approximate surface area is 105 Å². The summed E-state index contributed by atoms with van der Waals surface area (Å²) in [6.07, 6.45) is 4.05. The minimum Gasteiger partial charge on any atom is -0.497 e. The Morgan fingerprint density at radius 1 is 1.47 bits per heavy atom. The topological polar surface area (TPSA) is 29.9 Å². The van der Waals surface area contributed by atoms with Crippen LogP contribution in [0.4, 0.5) is 0 Å². The number of nitrogens with one attached hydrogen (secondary N) is 1. The molecule has 1 aliphatic rings. The van der Waals surface area contributed by atoms with Gasteiger partial charge in [-0.15, -0.1) is 0 Å². The third-order valence-corrected chi connectivity index (χ3v) is 3.97. The summed E-state index contributed by atoms with van der Waals surface area (Å²) in [6.45, 7) is 1.05. The van der Waals surface area contributed by atoms with Gasteiger partial charge in [0.25, 0.3) is 0 Å². The quantitative estimate of drug-likeness (QED) is 0.842. The molecule has 0 aliphatic heterocycles. The molecule has 1 aromatic carbocycles. The molecule has 1 N–H and O–H groups in total. The standard InChI is InChI=1S/C13H16N2OS/c1-16-10-5-6-12-11(7-10)14-13(17)15(12)8-9-3-2-4-9/h5-7,9H,2-4,8H2,1H3,(H,14,17). The molecule has 0 radical (unpaired) electrons. The highest BCUT2D eigenvalue weighted by molar-refractivity contribution is 7.71. The van der Waals surface area contributed by atoms with Gasteiger partial charge in [-0.25, -0.2) is 0 Å². The fourth-order valence-corrected chi connectivity index (χ4v) is 2.67.